The molecule has 2 aromatic rings. The molecule has 0 spiro atoms. The monoisotopic (exact) mass is 362 g/mol. The molecule has 0 aliphatic heterocycles. The molecule has 0 atom stereocenters. The molecule has 0 aliphatic carbocycles. The first-order chi connectivity index (χ1) is 11.4. The van der Waals surface area contributed by atoms with E-state index >= 15 is 0 Å². The van der Waals surface area contributed by atoms with Crippen molar-refractivity contribution in [3.63, 3.8) is 0 Å². The summed E-state index contributed by atoms with van der Waals surface area (Å²) in [4.78, 5) is 2.17. The van der Waals surface area contributed by atoms with Crippen LogP contribution < -0.4 is 0 Å². The van der Waals surface area contributed by atoms with E-state index < -0.39 is 0 Å². The van der Waals surface area contributed by atoms with Crippen molar-refractivity contribution in [2.45, 2.75) is 22.9 Å². The van der Waals surface area contributed by atoms with Crippen LogP contribution in [0.1, 0.15) is 11.1 Å². The van der Waals surface area contributed by atoms with Crippen molar-refractivity contribution in [3.8, 4) is 11.5 Å². The zero-order valence-electron chi connectivity index (χ0n) is 16.1. The van der Waals surface area contributed by atoms with Crippen LogP contribution in [0.15, 0.2) is 46.2 Å². The summed E-state index contributed by atoms with van der Waals surface area (Å²) < 4.78 is 1.52. The third-order valence-corrected chi connectivity index (χ3v) is 4.61. The van der Waals surface area contributed by atoms with Gasteiger partial charge in [0.15, 0.2) is 0 Å². The summed E-state index contributed by atoms with van der Waals surface area (Å²) in [6, 6.07) is 11.5. The van der Waals surface area contributed by atoms with E-state index in [0.29, 0.717) is 11.5 Å². The molecular weight excluding hydrogens is 332 g/mol. The van der Waals surface area contributed by atoms with Crippen LogP contribution in [0.25, 0.3) is 0 Å². The van der Waals surface area contributed by atoms with E-state index in [1.54, 1.807) is 23.9 Å². The van der Waals surface area contributed by atoms with Gasteiger partial charge in [0.2, 0.25) is 0 Å². The molecule has 136 valence electrons. The second-order valence-corrected chi connectivity index (χ2v) is 9.73. The Kier molecular flexibility index (Phi) is 5.72. The van der Waals surface area contributed by atoms with Crippen LogP contribution in [-0.4, -0.2) is 61.5 Å². The van der Waals surface area contributed by atoms with E-state index in [-0.39, 0.29) is 0 Å². The lowest BCUT2D eigenvalue weighted by Gasteiger charge is -2.25. The molecule has 0 unspecified atom stereocenters. The molecule has 0 saturated heterocycles. The molecule has 0 bridgehead atoms. The van der Waals surface area contributed by atoms with E-state index in [1.807, 2.05) is 12.1 Å². The van der Waals surface area contributed by atoms with Gasteiger partial charge in [0.25, 0.3) is 0 Å². The van der Waals surface area contributed by atoms with E-state index in [1.165, 1.54) is 0 Å². The maximum absolute atomic E-state index is 10.1. The van der Waals surface area contributed by atoms with Gasteiger partial charge in [-0.3, -0.25) is 0 Å². The highest BCUT2D eigenvalue weighted by Crippen LogP contribution is 2.34. The first-order valence-electron chi connectivity index (χ1n) is 8.35. The maximum atomic E-state index is 10.1. The van der Waals surface area contributed by atoms with Crippen LogP contribution >= 0.6 is 11.8 Å². The number of quaternary nitrogens is 2. The summed E-state index contributed by atoms with van der Waals surface area (Å²) in [5, 5.41) is 20.2. The topological polar surface area (TPSA) is 40.5 Å². The molecule has 25 heavy (non-hydrogen) atoms. The SMILES string of the molecule is C[N+](C)(C)Cc1cc(Sc2ccc(O)c(C[N+](C)(C)C)c2)ccc1O. The number of hydrogen-bond donors (Lipinski definition) is 2. The number of phenolic OH excluding ortho intramolecular Hbond substituents is 2. The van der Waals surface area contributed by atoms with Gasteiger partial charge in [0.1, 0.15) is 24.6 Å². The third kappa shape index (κ3) is 6.27. The summed E-state index contributed by atoms with van der Waals surface area (Å²) in [5.74, 6) is 0.683. The Hall–Kier alpha value is -1.69. The molecule has 2 aromatic carbocycles. The molecule has 0 fully saturated rings. The van der Waals surface area contributed by atoms with Crippen molar-refractivity contribution in [3.05, 3.63) is 47.5 Å². The summed E-state index contributed by atoms with van der Waals surface area (Å²) in [6.45, 7) is 1.53. The smallest absolute Gasteiger partial charge is 0.124 e. The minimum absolute atomic E-state index is 0.342. The first-order valence-corrected chi connectivity index (χ1v) is 9.17. The Morgan fingerprint density at radius 1 is 0.680 bits per heavy atom. The van der Waals surface area contributed by atoms with E-state index in [2.05, 4.69) is 54.4 Å². The third-order valence-electron chi connectivity index (χ3n) is 3.63. The van der Waals surface area contributed by atoms with E-state index in [0.717, 1.165) is 43.0 Å². The fourth-order valence-corrected chi connectivity index (χ4v) is 3.61. The van der Waals surface area contributed by atoms with Gasteiger partial charge in [-0.25, -0.2) is 0 Å². The van der Waals surface area contributed by atoms with Crippen molar-refractivity contribution in [2.24, 2.45) is 0 Å². The minimum atomic E-state index is 0.342. The fraction of sp³-hybridized carbons (Fsp3) is 0.400. The largest absolute Gasteiger partial charge is 0.507 e. The summed E-state index contributed by atoms with van der Waals surface area (Å²) in [5.41, 5.74) is 1.89. The predicted molar refractivity (Wildman–Crippen MR) is 104 cm³/mol. The predicted octanol–water partition coefficient (Wildman–Crippen LogP) is 3.66. The van der Waals surface area contributed by atoms with Gasteiger partial charge >= 0.3 is 0 Å². The Balaban J connectivity index is 2.25. The van der Waals surface area contributed by atoms with Gasteiger partial charge in [-0.15, -0.1) is 0 Å². The zero-order valence-corrected chi connectivity index (χ0v) is 16.9. The molecule has 0 aromatic heterocycles. The van der Waals surface area contributed by atoms with Crippen molar-refractivity contribution < 1.29 is 19.2 Å². The van der Waals surface area contributed by atoms with E-state index in [4.69, 9.17) is 0 Å². The molecule has 0 radical (unpaired) electrons. The highest BCUT2D eigenvalue weighted by Gasteiger charge is 2.15. The minimum Gasteiger partial charge on any atom is -0.507 e. The lowest BCUT2D eigenvalue weighted by Crippen LogP contribution is -2.33. The molecule has 4 nitrogen and oxygen atoms in total. The molecule has 0 amide bonds. The summed E-state index contributed by atoms with van der Waals surface area (Å²) in [6.07, 6.45) is 0. The van der Waals surface area contributed by atoms with Crippen LogP contribution in [-0.2, 0) is 13.1 Å². The van der Waals surface area contributed by atoms with Crippen LogP contribution in [0, 0.1) is 0 Å². The quantitative estimate of drug-likeness (QED) is 0.771. The molecular formula is C20H30N2O2S+2. The Bertz CT molecular complexity index is 683. The molecule has 0 heterocycles. The lowest BCUT2D eigenvalue weighted by atomic mass is 10.2. The van der Waals surface area contributed by atoms with Crippen LogP contribution in [0.2, 0.25) is 0 Å². The molecule has 2 rings (SSSR count). The number of aromatic hydroxyl groups is 2. The number of rotatable bonds is 6. The average Bonchev–Trinajstić information content (AvgIpc) is 2.43. The van der Waals surface area contributed by atoms with Crippen LogP contribution in [0.4, 0.5) is 0 Å². The van der Waals surface area contributed by atoms with E-state index in [9.17, 15) is 10.2 Å². The van der Waals surface area contributed by atoms with Crippen molar-refractivity contribution in [1.29, 1.82) is 0 Å². The average molecular weight is 363 g/mol. The lowest BCUT2D eigenvalue weighted by molar-refractivity contribution is -0.884. The van der Waals surface area contributed by atoms with Crippen molar-refractivity contribution in [1.82, 2.24) is 0 Å². The van der Waals surface area contributed by atoms with Crippen LogP contribution in [0.5, 0.6) is 11.5 Å². The summed E-state index contributed by atoms with van der Waals surface area (Å²) >= 11 is 1.65. The highest BCUT2D eigenvalue weighted by molar-refractivity contribution is 7.99. The Morgan fingerprint density at radius 2 is 1.04 bits per heavy atom. The fourth-order valence-electron chi connectivity index (χ4n) is 2.66. The van der Waals surface area contributed by atoms with Gasteiger partial charge in [-0.1, -0.05) is 11.8 Å². The molecule has 0 aliphatic rings. The van der Waals surface area contributed by atoms with Crippen molar-refractivity contribution >= 4 is 11.8 Å². The zero-order chi connectivity index (χ0) is 18.8. The van der Waals surface area contributed by atoms with Gasteiger partial charge in [0, 0.05) is 20.9 Å². The Labute approximate surface area is 155 Å². The second kappa shape index (κ2) is 7.28. The standard InChI is InChI=1S/C20H28N2O2S/c1-21(2,3)13-15-11-17(7-9-19(15)23)25-18-8-10-20(24)16(12-18)14-22(4,5)6/h7-12H,13-14H2,1-6H3/p+2. The first kappa shape index (κ1) is 19.6. The molecule has 0 saturated carbocycles. The Morgan fingerprint density at radius 3 is 1.36 bits per heavy atom. The highest BCUT2D eigenvalue weighted by atomic mass is 32.2. The molecule has 5 heteroatoms. The van der Waals surface area contributed by atoms with Gasteiger partial charge in [-0.05, 0) is 36.4 Å². The number of nitrogens with zero attached hydrogens (tertiary/aromatic N) is 2. The summed E-state index contributed by atoms with van der Waals surface area (Å²) in [7, 11) is 12.6. The van der Waals surface area contributed by atoms with Crippen molar-refractivity contribution in [2.75, 3.05) is 42.3 Å². The number of benzene rings is 2. The number of hydrogen-bond acceptors (Lipinski definition) is 3. The van der Waals surface area contributed by atoms with Gasteiger partial charge in [-0.2, -0.15) is 0 Å². The van der Waals surface area contributed by atoms with Gasteiger partial charge < -0.3 is 19.2 Å². The maximum Gasteiger partial charge on any atom is 0.124 e. The second-order valence-electron chi connectivity index (χ2n) is 8.58. The van der Waals surface area contributed by atoms with Gasteiger partial charge in [0.05, 0.1) is 42.3 Å². The van der Waals surface area contributed by atoms with Crippen LogP contribution in [0.3, 0.4) is 0 Å². The molecule has 2 N–H and O–H groups in total. The normalized spacial score (nSPS) is 12.4. The number of phenols is 2.